The molecular weight excluding hydrogens is 385 g/mol. The highest BCUT2D eigenvalue weighted by Gasteiger charge is 2.15. The smallest absolute Gasteiger partial charge is 0.0864 e. The lowest BCUT2D eigenvalue weighted by atomic mass is 9.93. The maximum atomic E-state index is 7.70. The summed E-state index contributed by atoms with van der Waals surface area (Å²) in [5.41, 5.74) is 13.6. The third kappa shape index (κ3) is 5.38. The predicted molar refractivity (Wildman–Crippen MR) is 134 cm³/mol. The van der Waals surface area contributed by atoms with E-state index >= 15 is 0 Å². The number of nitrogens with one attached hydrogen (secondary N) is 2. The van der Waals surface area contributed by atoms with Crippen LogP contribution in [0.4, 0.5) is 0 Å². The van der Waals surface area contributed by atoms with Crippen LogP contribution < -0.4 is 5.73 Å². The molecule has 1 atom stereocenters. The number of fused-ring (bicyclic) bond motifs is 1. The second-order valence-electron chi connectivity index (χ2n) is 7.19. The molecule has 4 heteroatoms. The van der Waals surface area contributed by atoms with Crippen molar-refractivity contribution in [3.05, 3.63) is 107 Å². The van der Waals surface area contributed by atoms with Gasteiger partial charge in [0.2, 0.25) is 0 Å². The molecule has 3 nitrogen and oxygen atoms in total. The zero-order chi connectivity index (χ0) is 21.3. The van der Waals surface area contributed by atoms with Gasteiger partial charge >= 0.3 is 0 Å². The Morgan fingerprint density at radius 3 is 2.73 bits per heavy atom. The van der Waals surface area contributed by atoms with Crippen molar-refractivity contribution in [3.63, 3.8) is 0 Å². The quantitative estimate of drug-likeness (QED) is 0.401. The molecule has 152 valence electrons. The summed E-state index contributed by atoms with van der Waals surface area (Å²) in [7, 11) is 0.870. The minimum absolute atomic E-state index is 0.297. The summed E-state index contributed by atoms with van der Waals surface area (Å²) in [4.78, 5) is 0. The lowest BCUT2D eigenvalue weighted by Gasteiger charge is -2.14. The lowest BCUT2D eigenvalue weighted by molar-refractivity contribution is 1.25. The third-order valence-corrected chi connectivity index (χ3v) is 6.20. The van der Waals surface area contributed by atoms with Gasteiger partial charge in [-0.05, 0) is 47.9 Å². The average molecular weight is 414 g/mol. The first-order valence-electron chi connectivity index (χ1n) is 10.1. The monoisotopic (exact) mass is 413 g/mol. The Labute approximate surface area is 181 Å². The maximum Gasteiger partial charge on any atom is 0.0864 e. The van der Waals surface area contributed by atoms with Crippen molar-refractivity contribution in [1.29, 1.82) is 10.8 Å². The van der Waals surface area contributed by atoms with E-state index in [0.717, 1.165) is 32.3 Å². The van der Waals surface area contributed by atoms with Gasteiger partial charge in [0.15, 0.2) is 0 Å². The molecular formula is C26H28N3P. The summed E-state index contributed by atoms with van der Waals surface area (Å²) in [6.45, 7) is 2.82. The van der Waals surface area contributed by atoms with Gasteiger partial charge in [-0.25, -0.2) is 0 Å². The molecule has 2 aliphatic carbocycles. The third-order valence-electron chi connectivity index (χ3n) is 5.06. The second kappa shape index (κ2) is 10.8. The van der Waals surface area contributed by atoms with Gasteiger partial charge in [0.1, 0.15) is 0 Å². The highest BCUT2D eigenvalue weighted by molar-refractivity contribution is 7.42. The molecule has 1 aromatic rings. The van der Waals surface area contributed by atoms with Gasteiger partial charge in [-0.15, -0.1) is 0 Å². The van der Waals surface area contributed by atoms with Gasteiger partial charge in [-0.1, -0.05) is 92.8 Å². The molecule has 0 amide bonds. The highest BCUT2D eigenvalue weighted by atomic mass is 31.1. The van der Waals surface area contributed by atoms with Crippen LogP contribution in [0.3, 0.4) is 0 Å². The Hall–Kier alpha value is -2.87. The van der Waals surface area contributed by atoms with Crippen LogP contribution in [0.15, 0.2) is 95.4 Å². The van der Waals surface area contributed by atoms with E-state index in [0.29, 0.717) is 18.0 Å². The molecule has 30 heavy (non-hydrogen) atoms. The van der Waals surface area contributed by atoms with E-state index in [2.05, 4.69) is 55.2 Å². The zero-order valence-electron chi connectivity index (χ0n) is 17.3. The SMILES string of the molecule is C/C1=C(/C=C\CN)c2ccccc2/C=C/PC1.N=C1C=CC2=C(C=CC=CC2)C1=N. The van der Waals surface area contributed by atoms with E-state index in [-0.39, 0.29) is 0 Å². The average Bonchev–Trinajstić information content (AvgIpc) is 3.00. The molecule has 4 N–H and O–H groups in total. The molecule has 0 bridgehead atoms. The van der Waals surface area contributed by atoms with E-state index < -0.39 is 0 Å². The van der Waals surface area contributed by atoms with Gasteiger partial charge in [0.05, 0.1) is 11.4 Å². The number of hydrogen-bond donors (Lipinski definition) is 3. The predicted octanol–water partition coefficient (Wildman–Crippen LogP) is 6.05. The van der Waals surface area contributed by atoms with Crippen LogP contribution in [0.25, 0.3) is 11.6 Å². The largest absolute Gasteiger partial charge is 0.327 e. The molecule has 3 aliphatic rings. The standard InChI is InChI=1S/C15H18NP.C11H10N2/c1-12-11-17-10-8-13-5-2-3-6-15(13)14(12)7-4-9-16;12-10-7-6-8-4-2-1-3-5-9(8)11(10)13/h2-8,10,17H,9,11,16H2,1H3;1-3,5-7,12-13H,4H2/b7-4-,10-8+,14-12+;. The van der Waals surface area contributed by atoms with Crippen LogP contribution in [0.5, 0.6) is 0 Å². The molecule has 0 saturated carbocycles. The van der Waals surface area contributed by atoms with Crippen molar-refractivity contribution in [2.24, 2.45) is 5.73 Å². The fourth-order valence-electron chi connectivity index (χ4n) is 3.45. The van der Waals surface area contributed by atoms with Gasteiger partial charge < -0.3 is 5.73 Å². The summed E-state index contributed by atoms with van der Waals surface area (Å²) in [6.07, 6.45) is 19.9. The summed E-state index contributed by atoms with van der Waals surface area (Å²) in [6, 6.07) is 8.55. The van der Waals surface area contributed by atoms with Crippen molar-refractivity contribution in [1.82, 2.24) is 0 Å². The fraction of sp³-hybridized carbons (Fsp3) is 0.154. The van der Waals surface area contributed by atoms with Crippen molar-refractivity contribution in [3.8, 4) is 0 Å². The van der Waals surface area contributed by atoms with Crippen LogP contribution >= 0.6 is 8.58 Å². The normalized spacial score (nSPS) is 22.2. The molecule has 0 aromatic heterocycles. The number of hydrogen-bond acceptors (Lipinski definition) is 3. The number of benzene rings is 1. The highest BCUT2D eigenvalue weighted by Crippen LogP contribution is 2.32. The number of allylic oxidation sites excluding steroid dienone is 11. The van der Waals surface area contributed by atoms with E-state index in [9.17, 15) is 0 Å². The van der Waals surface area contributed by atoms with Gasteiger partial charge in [-0.2, -0.15) is 0 Å². The van der Waals surface area contributed by atoms with Crippen molar-refractivity contribution >= 4 is 31.7 Å². The maximum absolute atomic E-state index is 7.70. The Kier molecular flexibility index (Phi) is 7.84. The molecule has 1 aromatic carbocycles. The summed E-state index contributed by atoms with van der Waals surface area (Å²) >= 11 is 0. The summed E-state index contributed by atoms with van der Waals surface area (Å²) in [5, 5.41) is 15.2. The van der Waals surface area contributed by atoms with Crippen LogP contribution in [0, 0.1) is 10.8 Å². The van der Waals surface area contributed by atoms with Crippen LogP contribution in [0.1, 0.15) is 24.5 Å². The van der Waals surface area contributed by atoms with E-state index in [1.54, 1.807) is 6.08 Å². The first-order valence-corrected chi connectivity index (χ1v) is 11.4. The van der Waals surface area contributed by atoms with Crippen molar-refractivity contribution < 1.29 is 0 Å². The molecule has 1 aliphatic heterocycles. The summed E-state index contributed by atoms with van der Waals surface area (Å²) in [5.74, 6) is 2.28. The van der Waals surface area contributed by atoms with Crippen molar-refractivity contribution in [2.75, 3.05) is 12.7 Å². The van der Waals surface area contributed by atoms with E-state index in [1.165, 1.54) is 22.3 Å². The lowest BCUT2D eigenvalue weighted by Crippen LogP contribution is -2.15. The van der Waals surface area contributed by atoms with Crippen LogP contribution in [-0.2, 0) is 0 Å². The van der Waals surface area contributed by atoms with E-state index in [1.807, 2.05) is 30.4 Å². The van der Waals surface area contributed by atoms with Gasteiger partial charge in [0.25, 0.3) is 0 Å². The van der Waals surface area contributed by atoms with Crippen LogP contribution in [0.2, 0.25) is 0 Å². The Balaban J connectivity index is 0.000000177. The molecule has 0 fully saturated rings. The molecule has 0 spiro atoms. The molecule has 0 saturated heterocycles. The van der Waals surface area contributed by atoms with Gasteiger partial charge in [-0.3, -0.25) is 10.8 Å². The first kappa shape index (κ1) is 21.8. The Morgan fingerprint density at radius 2 is 1.90 bits per heavy atom. The molecule has 4 rings (SSSR count). The fourth-order valence-corrected chi connectivity index (χ4v) is 4.36. The minimum Gasteiger partial charge on any atom is -0.327 e. The van der Waals surface area contributed by atoms with Crippen LogP contribution in [-0.4, -0.2) is 24.1 Å². The molecule has 0 radical (unpaired) electrons. The zero-order valence-corrected chi connectivity index (χ0v) is 18.3. The number of nitrogens with two attached hydrogens (primary N) is 1. The Bertz CT molecular complexity index is 1050. The van der Waals surface area contributed by atoms with E-state index in [4.69, 9.17) is 16.6 Å². The summed E-state index contributed by atoms with van der Waals surface area (Å²) < 4.78 is 0. The second-order valence-corrected chi connectivity index (χ2v) is 8.28. The number of rotatable bonds is 2. The molecule has 1 heterocycles. The molecule has 1 unspecified atom stereocenters. The first-order chi connectivity index (χ1) is 14.6. The minimum atomic E-state index is 0.297. The Morgan fingerprint density at radius 1 is 1.07 bits per heavy atom. The van der Waals surface area contributed by atoms with Crippen molar-refractivity contribution in [2.45, 2.75) is 13.3 Å². The van der Waals surface area contributed by atoms with Gasteiger partial charge in [0, 0.05) is 12.1 Å². The topological polar surface area (TPSA) is 73.7 Å².